The van der Waals surface area contributed by atoms with Crippen molar-refractivity contribution in [2.24, 2.45) is 0 Å². The van der Waals surface area contributed by atoms with Crippen LogP contribution in [0.4, 0.5) is 0 Å². The topological polar surface area (TPSA) is 36.7 Å². The number of nitriles is 1. The van der Waals surface area contributed by atoms with Gasteiger partial charge in [0.1, 0.15) is 6.07 Å². The van der Waals surface area contributed by atoms with Crippen molar-refractivity contribution in [3.05, 3.63) is 65.5 Å². The minimum atomic E-state index is 0.578. The summed E-state index contributed by atoms with van der Waals surface area (Å²) >= 11 is 0. The lowest BCUT2D eigenvalue weighted by Gasteiger charge is -1.99. The zero-order chi connectivity index (χ0) is 12.1. The summed E-state index contributed by atoms with van der Waals surface area (Å²) in [7, 11) is 0. The Morgan fingerprint density at radius 3 is 2.53 bits per heavy atom. The lowest BCUT2D eigenvalue weighted by molar-refractivity contribution is 1.28. The van der Waals surface area contributed by atoms with E-state index in [0.29, 0.717) is 11.3 Å². The largest absolute Gasteiger partial charge is 0.256 e. The minimum absolute atomic E-state index is 0.578. The number of hydrogen-bond acceptors (Lipinski definition) is 2. The van der Waals surface area contributed by atoms with Gasteiger partial charge in [-0.05, 0) is 30.7 Å². The Bertz CT molecular complexity index is 560. The zero-order valence-electron chi connectivity index (χ0n) is 9.59. The van der Waals surface area contributed by atoms with E-state index in [4.69, 9.17) is 5.26 Å². The molecule has 0 aliphatic carbocycles. The van der Waals surface area contributed by atoms with Crippen molar-refractivity contribution in [2.75, 3.05) is 0 Å². The Morgan fingerprint density at radius 2 is 1.94 bits per heavy atom. The van der Waals surface area contributed by atoms with Crippen LogP contribution in [0.15, 0.2) is 48.7 Å². The fourth-order valence-corrected chi connectivity index (χ4v) is 1.51. The molecule has 0 aliphatic heterocycles. The second-order valence-corrected chi connectivity index (χ2v) is 3.80. The van der Waals surface area contributed by atoms with Gasteiger partial charge in [-0.2, -0.15) is 5.26 Å². The first-order valence-corrected chi connectivity index (χ1v) is 5.39. The van der Waals surface area contributed by atoms with E-state index in [0.717, 1.165) is 5.56 Å². The van der Waals surface area contributed by atoms with Crippen molar-refractivity contribution < 1.29 is 0 Å². The molecular weight excluding hydrogens is 208 g/mol. The molecule has 2 aromatic rings. The van der Waals surface area contributed by atoms with Gasteiger partial charge in [0, 0.05) is 6.20 Å². The summed E-state index contributed by atoms with van der Waals surface area (Å²) in [6, 6.07) is 15.8. The zero-order valence-corrected chi connectivity index (χ0v) is 9.59. The molecule has 2 nitrogen and oxygen atoms in total. The highest BCUT2D eigenvalue weighted by molar-refractivity contribution is 5.88. The molecule has 17 heavy (non-hydrogen) atoms. The fourth-order valence-electron chi connectivity index (χ4n) is 1.51. The molecule has 1 aromatic carbocycles. The van der Waals surface area contributed by atoms with Crippen molar-refractivity contribution in [1.29, 1.82) is 5.26 Å². The molecule has 0 radical (unpaired) electrons. The summed E-state index contributed by atoms with van der Waals surface area (Å²) in [6.45, 7) is 2.04. The second kappa shape index (κ2) is 5.09. The van der Waals surface area contributed by atoms with E-state index in [-0.39, 0.29) is 0 Å². The third-order valence-corrected chi connectivity index (χ3v) is 2.45. The number of rotatable bonds is 2. The van der Waals surface area contributed by atoms with Gasteiger partial charge in [-0.25, -0.2) is 0 Å². The van der Waals surface area contributed by atoms with Crippen molar-refractivity contribution in [1.82, 2.24) is 4.98 Å². The van der Waals surface area contributed by atoms with Gasteiger partial charge in [-0.1, -0.05) is 35.9 Å². The van der Waals surface area contributed by atoms with E-state index in [2.05, 4.69) is 11.1 Å². The number of aromatic nitrogens is 1. The number of nitrogens with zero attached hydrogens (tertiary/aromatic N) is 2. The van der Waals surface area contributed by atoms with Crippen LogP contribution in [0.3, 0.4) is 0 Å². The van der Waals surface area contributed by atoms with Crippen molar-refractivity contribution in [3.8, 4) is 6.07 Å². The summed E-state index contributed by atoms with van der Waals surface area (Å²) < 4.78 is 0. The highest BCUT2D eigenvalue weighted by Gasteiger charge is 2.00. The van der Waals surface area contributed by atoms with E-state index >= 15 is 0 Å². The van der Waals surface area contributed by atoms with Crippen LogP contribution in [0.2, 0.25) is 0 Å². The summed E-state index contributed by atoms with van der Waals surface area (Å²) in [5.74, 6) is 0. The molecule has 0 aliphatic rings. The van der Waals surface area contributed by atoms with E-state index < -0.39 is 0 Å². The number of benzene rings is 1. The van der Waals surface area contributed by atoms with Crippen LogP contribution >= 0.6 is 0 Å². The van der Waals surface area contributed by atoms with Gasteiger partial charge in [-0.15, -0.1) is 0 Å². The molecule has 0 spiro atoms. The fraction of sp³-hybridized carbons (Fsp3) is 0.0667. The Hall–Kier alpha value is -2.40. The van der Waals surface area contributed by atoms with Gasteiger partial charge in [0.2, 0.25) is 0 Å². The van der Waals surface area contributed by atoms with Crippen LogP contribution < -0.4 is 0 Å². The van der Waals surface area contributed by atoms with E-state index in [1.807, 2.05) is 55.5 Å². The first kappa shape index (κ1) is 11.1. The molecule has 0 fully saturated rings. The van der Waals surface area contributed by atoms with E-state index in [9.17, 15) is 0 Å². The Balaban J connectivity index is 2.37. The summed E-state index contributed by atoms with van der Waals surface area (Å²) in [5, 5.41) is 9.14. The van der Waals surface area contributed by atoms with Crippen LogP contribution in [0, 0.1) is 18.3 Å². The Labute approximate surface area is 101 Å². The normalized spacial score (nSPS) is 10.9. The first-order chi connectivity index (χ1) is 8.29. The SMILES string of the molecule is Cc1ccc(C=C(C#N)c2ccccn2)cc1. The van der Waals surface area contributed by atoms with Crippen LogP contribution in [0.25, 0.3) is 11.6 Å². The summed E-state index contributed by atoms with van der Waals surface area (Å²) in [6.07, 6.45) is 3.54. The second-order valence-electron chi connectivity index (χ2n) is 3.80. The maximum Gasteiger partial charge on any atom is 0.101 e. The quantitative estimate of drug-likeness (QED) is 0.727. The van der Waals surface area contributed by atoms with Crippen molar-refractivity contribution in [3.63, 3.8) is 0 Å². The molecule has 0 atom stereocenters. The van der Waals surface area contributed by atoms with E-state index in [1.165, 1.54) is 5.56 Å². The van der Waals surface area contributed by atoms with E-state index in [1.54, 1.807) is 6.20 Å². The van der Waals surface area contributed by atoms with Gasteiger partial charge >= 0.3 is 0 Å². The van der Waals surface area contributed by atoms with Crippen LogP contribution in [0.5, 0.6) is 0 Å². The molecule has 1 heterocycles. The highest BCUT2D eigenvalue weighted by Crippen LogP contribution is 2.15. The van der Waals surface area contributed by atoms with Gasteiger partial charge in [0.05, 0.1) is 11.3 Å². The first-order valence-electron chi connectivity index (χ1n) is 5.39. The molecule has 0 saturated carbocycles. The van der Waals surface area contributed by atoms with Gasteiger partial charge in [0.15, 0.2) is 0 Å². The molecule has 82 valence electrons. The number of hydrogen-bond donors (Lipinski definition) is 0. The maximum absolute atomic E-state index is 9.14. The van der Waals surface area contributed by atoms with Gasteiger partial charge in [-0.3, -0.25) is 4.98 Å². The van der Waals surface area contributed by atoms with Crippen molar-refractivity contribution >= 4 is 11.6 Å². The monoisotopic (exact) mass is 220 g/mol. The third kappa shape index (κ3) is 2.79. The molecule has 2 heteroatoms. The smallest absolute Gasteiger partial charge is 0.101 e. The molecular formula is C15H12N2. The molecule has 0 amide bonds. The summed E-state index contributed by atoms with van der Waals surface area (Å²) in [4.78, 5) is 4.17. The number of aryl methyl sites for hydroxylation is 1. The average molecular weight is 220 g/mol. The molecule has 0 bridgehead atoms. The standard InChI is InChI=1S/C15H12N2/c1-12-5-7-13(8-6-12)10-14(11-16)15-4-2-3-9-17-15/h2-10H,1H3. The van der Waals surface area contributed by atoms with Crippen molar-refractivity contribution in [2.45, 2.75) is 6.92 Å². The number of allylic oxidation sites excluding steroid dienone is 1. The average Bonchev–Trinajstić information content (AvgIpc) is 2.39. The molecule has 0 N–H and O–H groups in total. The lowest BCUT2D eigenvalue weighted by atomic mass is 10.1. The molecule has 0 unspecified atom stereocenters. The minimum Gasteiger partial charge on any atom is -0.256 e. The molecule has 0 saturated heterocycles. The Kier molecular flexibility index (Phi) is 3.32. The van der Waals surface area contributed by atoms with Gasteiger partial charge < -0.3 is 0 Å². The van der Waals surface area contributed by atoms with Crippen LogP contribution in [-0.2, 0) is 0 Å². The Morgan fingerprint density at radius 1 is 1.18 bits per heavy atom. The highest BCUT2D eigenvalue weighted by atomic mass is 14.7. The predicted molar refractivity (Wildman–Crippen MR) is 68.9 cm³/mol. The van der Waals surface area contributed by atoms with Gasteiger partial charge in [0.25, 0.3) is 0 Å². The molecule has 2 rings (SSSR count). The number of pyridine rings is 1. The van der Waals surface area contributed by atoms with Crippen LogP contribution in [0.1, 0.15) is 16.8 Å². The lowest BCUT2D eigenvalue weighted by Crippen LogP contribution is -1.85. The molecule has 1 aromatic heterocycles. The summed E-state index contributed by atoms with van der Waals surface area (Å²) in [5.41, 5.74) is 3.50. The maximum atomic E-state index is 9.14. The third-order valence-electron chi connectivity index (χ3n) is 2.45. The predicted octanol–water partition coefficient (Wildman–Crippen LogP) is 3.45. The van der Waals surface area contributed by atoms with Crippen LogP contribution in [-0.4, -0.2) is 4.98 Å².